The zero-order valence-corrected chi connectivity index (χ0v) is 11.2. The smallest absolute Gasteiger partial charge is 0.271 e. The Hall–Kier alpha value is -1.58. The first kappa shape index (κ1) is 14.5. The Morgan fingerprint density at radius 3 is 2.67 bits per heavy atom. The van der Waals surface area contributed by atoms with Crippen molar-refractivity contribution in [3.05, 3.63) is 34.4 Å². The first-order valence-corrected chi connectivity index (χ1v) is 6.68. The first-order chi connectivity index (χ1) is 8.67. The average Bonchev–Trinajstić information content (AvgIpc) is 2.36. The summed E-state index contributed by atoms with van der Waals surface area (Å²) in [4.78, 5) is 10.4. The van der Waals surface area contributed by atoms with Gasteiger partial charge < -0.3 is 5.32 Å². The second-order valence-electron chi connectivity index (χ2n) is 4.58. The minimum atomic E-state index is -0.355. The average molecular weight is 250 g/mol. The lowest BCUT2D eigenvalue weighted by Crippen LogP contribution is -2.19. The number of unbranched alkanes of at least 4 members (excludes halogenated alkanes) is 1. The van der Waals surface area contributed by atoms with Crippen LogP contribution in [0.1, 0.15) is 46.0 Å². The van der Waals surface area contributed by atoms with Crippen LogP contribution in [0.2, 0.25) is 0 Å². The molecule has 0 saturated carbocycles. The van der Waals surface area contributed by atoms with Crippen molar-refractivity contribution < 1.29 is 4.92 Å². The van der Waals surface area contributed by atoms with Gasteiger partial charge in [-0.05, 0) is 18.9 Å². The predicted molar refractivity (Wildman–Crippen MR) is 74.9 cm³/mol. The van der Waals surface area contributed by atoms with Crippen LogP contribution in [0.3, 0.4) is 0 Å². The van der Waals surface area contributed by atoms with Gasteiger partial charge in [-0.25, -0.2) is 0 Å². The molecule has 1 aromatic rings. The third kappa shape index (κ3) is 4.73. The molecule has 4 nitrogen and oxygen atoms in total. The molecule has 100 valence electrons. The maximum absolute atomic E-state index is 10.7. The van der Waals surface area contributed by atoms with Gasteiger partial charge in [-0.3, -0.25) is 10.1 Å². The summed E-state index contributed by atoms with van der Waals surface area (Å²) in [6.45, 7) is 4.34. The molecule has 1 unspecified atom stereocenters. The predicted octanol–water partition coefficient (Wildman–Crippen LogP) is 4.37. The topological polar surface area (TPSA) is 55.2 Å². The van der Waals surface area contributed by atoms with Crippen LogP contribution in [-0.4, -0.2) is 11.0 Å². The monoisotopic (exact) mass is 250 g/mol. The Bertz CT molecular complexity index is 380. The van der Waals surface area contributed by atoms with Crippen LogP contribution in [0.25, 0.3) is 0 Å². The van der Waals surface area contributed by atoms with Gasteiger partial charge in [-0.15, -0.1) is 0 Å². The summed E-state index contributed by atoms with van der Waals surface area (Å²) in [5.74, 6) is 0. The minimum absolute atomic E-state index is 0.144. The number of hydrogen-bond acceptors (Lipinski definition) is 3. The zero-order chi connectivity index (χ0) is 13.4. The molecule has 1 N–H and O–H groups in total. The van der Waals surface area contributed by atoms with Crippen LogP contribution in [-0.2, 0) is 0 Å². The van der Waals surface area contributed by atoms with Gasteiger partial charge in [0.05, 0.1) is 4.92 Å². The molecule has 1 aromatic carbocycles. The number of nitrogens with one attached hydrogen (secondary N) is 1. The van der Waals surface area contributed by atoms with E-state index in [-0.39, 0.29) is 10.6 Å². The fourth-order valence-electron chi connectivity index (χ4n) is 2.03. The molecule has 0 saturated heterocycles. The van der Waals surface area contributed by atoms with Crippen molar-refractivity contribution in [1.82, 2.24) is 0 Å². The third-order valence-electron chi connectivity index (χ3n) is 2.97. The summed E-state index contributed by atoms with van der Waals surface area (Å²) in [5, 5.41) is 14.1. The highest BCUT2D eigenvalue weighted by atomic mass is 16.6. The van der Waals surface area contributed by atoms with Crippen molar-refractivity contribution >= 4 is 11.4 Å². The molecule has 0 bridgehead atoms. The number of nitrogens with zero attached hydrogens (tertiary/aromatic N) is 1. The number of anilines is 1. The Labute approximate surface area is 109 Å². The Morgan fingerprint density at radius 1 is 1.28 bits per heavy atom. The SMILES string of the molecule is CCCCC(CCC)Nc1cccc([N+](=O)[O-])c1. The number of benzene rings is 1. The van der Waals surface area contributed by atoms with Gasteiger partial charge in [0.15, 0.2) is 0 Å². The summed E-state index contributed by atoms with van der Waals surface area (Å²) >= 11 is 0. The van der Waals surface area contributed by atoms with E-state index >= 15 is 0 Å². The van der Waals surface area contributed by atoms with Gasteiger partial charge in [0.2, 0.25) is 0 Å². The number of rotatable bonds is 8. The van der Waals surface area contributed by atoms with Crippen LogP contribution in [0.15, 0.2) is 24.3 Å². The van der Waals surface area contributed by atoms with Gasteiger partial charge in [0.1, 0.15) is 0 Å². The first-order valence-electron chi connectivity index (χ1n) is 6.68. The van der Waals surface area contributed by atoms with E-state index in [1.807, 2.05) is 6.07 Å². The molecule has 4 heteroatoms. The van der Waals surface area contributed by atoms with E-state index < -0.39 is 0 Å². The summed E-state index contributed by atoms with van der Waals surface area (Å²) in [6, 6.07) is 7.16. The number of non-ortho nitro benzene ring substituents is 1. The standard InChI is InChI=1S/C14H22N2O2/c1-3-5-8-12(7-4-2)15-13-9-6-10-14(11-13)16(17)18/h6,9-12,15H,3-5,7-8H2,1-2H3. The Morgan fingerprint density at radius 2 is 2.06 bits per heavy atom. The van der Waals surface area contributed by atoms with E-state index in [0.717, 1.165) is 24.9 Å². The van der Waals surface area contributed by atoms with Gasteiger partial charge in [0.25, 0.3) is 5.69 Å². The van der Waals surface area contributed by atoms with Crippen molar-refractivity contribution in [2.45, 2.75) is 52.0 Å². The molecule has 0 fully saturated rings. The highest BCUT2D eigenvalue weighted by Crippen LogP contribution is 2.20. The van der Waals surface area contributed by atoms with Gasteiger partial charge >= 0.3 is 0 Å². The van der Waals surface area contributed by atoms with E-state index in [0.29, 0.717) is 6.04 Å². The lowest BCUT2D eigenvalue weighted by atomic mass is 10.0. The molecule has 0 radical (unpaired) electrons. The number of nitro groups is 1. The summed E-state index contributed by atoms with van der Waals surface area (Å²) in [6.07, 6.45) is 5.70. The van der Waals surface area contributed by atoms with Crippen molar-refractivity contribution in [1.29, 1.82) is 0 Å². The molecule has 1 rings (SSSR count). The molecule has 0 aromatic heterocycles. The quantitative estimate of drug-likeness (QED) is 0.550. The molecule has 0 aliphatic rings. The molecule has 0 amide bonds. The molecular weight excluding hydrogens is 228 g/mol. The van der Waals surface area contributed by atoms with Gasteiger partial charge in [0, 0.05) is 23.9 Å². The normalized spacial score (nSPS) is 12.1. The molecular formula is C14H22N2O2. The van der Waals surface area contributed by atoms with Crippen LogP contribution in [0.5, 0.6) is 0 Å². The molecule has 1 atom stereocenters. The molecule has 18 heavy (non-hydrogen) atoms. The van der Waals surface area contributed by atoms with E-state index in [2.05, 4.69) is 19.2 Å². The van der Waals surface area contributed by atoms with Crippen LogP contribution < -0.4 is 5.32 Å². The largest absolute Gasteiger partial charge is 0.382 e. The number of hydrogen-bond donors (Lipinski definition) is 1. The van der Waals surface area contributed by atoms with E-state index in [1.165, 1.54) is 18.9 Å². The summed E-state index contributed by atoms with van der Waals surface area (Å²) < 4.78 is 0. The van der Waals surface area contributed by atoms with E-state index in [1.54, 1.807) is 12.1 Å². The Kier molecular flexibility index (Phi) is 6.19. The summed E-state index contributed by atoms with van der Waals surface area (Å²) in [7, 11) is 0. The maximum atomic E-state index is 10.7. The lowest BCUT2D eigenvalue weighted by molar-refractivity contribution is -0.384. The highest BCUT2D eigenvalue weighted by Gasteiger charge is 2.10. The molecule has 0 aliphatic heterocycles. The third-order valence-corrected chi connectivity index (χ3v) is 2.97. The van der Waals surface area contributed by atoms with Gasteiger partial charge in [-0.1, -0.05) is 39.2 Å². The second-order valence-corrected chi connectivity index (χ2v) is 4.58. The number of nitro benzene ring substituents is 1. The zero-order valence-electron chi connectivity index (χ0n) is 11.2. The second kappa shape index (κ2) is 7.69. The minimum Gasteiger partial charge on any atom is -0.382 e. The van der Waals surface area contributed by atoms with Crippen molar-refractivity contribution in [3.8, 4) is 0 Å². The molecule has 0 aliphatic carbocycles. The molecule has 0 spiro atoms. The van der Waals surface area contributed by atoms with E-state index in [4.69, 9.17) is 0 Å². The van der Waals surface area contributed by atoms with Crippen LogP contribution >= 0.6 is 0 Å². The van der Waals surface area contributed by atoms with Crippen LogP contribution in [0, 0.1) is 10.1 Å². The highest BCUT2D eigenvalue weighted by molar-refractivity contribution is 5.51. The van der Waals surface area contributed by atoms with Gasteiger partial charge in [-0.2, -0.15) is 0 Å². The summed E-state index contributed by atoms with van der Waals surface area (Å²) in [5.41, 5.74) is 0.990. The van der Waals surface area contributed by atoms with Crippen molar-refractivity contribution in [3.63, 3.8) is 0 Å². The van der Waals surface area contributed by atoms with E-state index in [9.17, 15) is 10.1 Å². The Balaban J connectivity index is 2.67. The van der Waals surface area contributed by atoms with Crippen LogP contribution in [0.4, 0.5) is 11.4 Å². The fraction of sp³-hybridized carbons (Fsp3) is 0.571. The molecule has 0 heterocycles. The maximum Gasteiger partial charge on any atom is 0.271 e. The lowest BCUT2D eigenvalue weighted by Gasteiger charge is -2.19. The van der Waals surface area contributed by atoms with Crippen molar-refractivity contribution in [2.75, 3.05) is 5.32 Å². The van der Waals surface area contributed by atoms with Crippen molar-refractivity contribution in [2.24, 2.45) is 0 Å². The fourth-order valence-corrected chi connectivity index (χ4v) is 2.03.